The van der Waals surface area contributed by atoms with Crippen molar-refractivity contribution in [2.75, 3.05) is 6.54 Å². The average Bonchev–Trinajstić information content (AvgIpc) is 2.81. The second kappa shape index (κ2) is 4.58. The van der Waals surface area contributed by atoms with E-state index in [1.54, 1.807) is 0 Å². The third-order valence-electron chi connectivity index (χ3n) is 5.80. The van der Waals surface area contributed by atoms with Crippen molar-refractivity contribution in [2.45, 2.75) is 44.9 Å². The van der Waals surface area contributed by atoms with E-state index >= 15 is 0 Å². The Labute approximate surface area is 114 Å². The number of hydrogen-bond donors (Lipinski definition) is 2. The van der Waals surface area contributed by atoms with Crippen LogP contribution in [0.5, 0.6) is 0 Å². The van der Waals surface area contributed by atoms with Gasteiger partial charge in [-0.3, -0.25) is 5.10 Å². The van der Waals surface area contributed by atoms with Gasteiger partial charge in [-0.2, -0.15) is 5.10 Å². The molecular formula is C15H24N4. The summed E-state index contributed by atoms with van der Waals surface area (Å²) in [6.07, 6.45) is 9.39. The monoisotopic (exact) mass is 260 g/mol. The second-order valence-electron chi connectivity index (χ2n) is 7.04. The summed E-state index contributed by atoms with van der Waals surface area (Å²) in [5, 5.41) is 7.41. The van der Waals surface area contributed by atoms with E-state index in [2.05, 4.69) is 15.2 Å². The van der Waals surface area contributed by atoms with Crippen molar-refractivity contribution in [1.82, 2.24) is 15.2 Å². The standard InChI is InChI=1S/C15H24N4/c16-2-1-14-17-15(19-18-14)8-13-11-4-9-3-10(6-11)7-12(13)5-9/h9-13H,1-8,16H2,(H,17,18,19). The molecule has 0 spiro atoms. The highest BCUT2D eigenvalue weighted by Crippen LogP contribution is 2.57. The molecule has 4 nitrogen and oxygen atoms in total. The molecule has 4 heteroatoms. The Morgan fingerprint density at radius 1 is 1.05 bits per heavy atom. The van der Waals surface area contributed by atoms with Gasteiger partial charge in [-0.1, -0.05) is 0 Å². The maximum absolute atomic E-state index is 5.56. The predicted octanol–water partition coefficient (Wildman–Crippen LogP) is 1.92. The van der Waals surface area contributed by atoms with Crippen LogP contribution < -0.4 is 5.73 Å². The van der Waals surface area contributed by atoms with E-state index in [1.165, 1.54) is 32.1 Å². The fraction of sp³-hybridized carbons (Fsp3) is 0.867. The molecule has 0 aromatic carbocycles. The number of nitrogens with one attached hydrogen (secondary N) is 1. The number of nitrogens with two attached hydrogens (primary N) is 1. The molecule has 4 aliphatic carbocycles. The van der Waals surface area contributed by atoms with Crippen LogP contribution in [0, 0.1) is 29.6 Å². The quantitative estimate of drug-likeness (QED) is 0.869. The first kappa shape index (κ1) is 11.9. The first-order valence-corrected chi connectivity index (χ1v) is 7.92. The van der Waals surface area contributed by atoms with Crippen molar-refractivity contribution in [3.8, 4) is 0 Å². The molecular weight excluding hydrogens is 236 g/mol. The number of aromatic nitrogens is 3. The smallest absolute Gasteiger partial charge is 0.151 e. The molecule has 0 aliphatic heterocycles. The Hall–Kier alpha value is -0.900. The third kappa shape index (κ3) is 2.10. The topological polar surface area (TPSA) is 67.6 Å². The van der Waals surface area contributed by atoms with Gasteiger partial charge in [0.1, 0.15) is 5.82 Å². The highest BCUT2D eigenvalue weighted by Gasteiger charge is 2.48. The summed E-state index contributed by atoms with van der Waals surface area (Å²) in [5.41, 5.74) is 5.56. The van der Waals surface area contributed by atoms with Crippen molar-refractivity contribution in [1.29, 1.82) is 0 Å². The van der Waals surface area contributed by atoms with Crippen molar-refractivity contribution in [3.63, 3.8) is 0 Å². The van der Waals surface area contributed by atoms with E-state index in [9.17, 15) is 0 Å². The maximum atomic E-state index is 5.56. The molecule has 104 valence electrons. The number of rotatable bonds is 4. The molecule has 1 heterocycles. The molecule has 4 saturated carbocycles. The van der Waals surface area contributed by atoms with Crippen molar-refractivity contribution in [2.24, 2.45) is 35.3 Å². The van der Waals surface area contributed by atoms with E-state index in [4.69, 9.17) is 5.73 Å². The Balaban J connectivity index is 1.47. The maximum Gasteiger partial charge on any atom is 0.151 e. The zero-order chi connectivity index (χ0) is 12.8. The van der Waals surface area contributed by atoms with Crippen molar-refractivity contribution in [3.05, 3.63) is 11.6 Å². The molecule has 3 N–H and O–H groups in total. The summed E-state index contributed by atoms with van der Waals surface area (Å²) in [6.45, 7) is 0.634. The first-order chi connectivity index (χ1) is 9.31. The predicted molar refractivity (Wildman–Crippen MR) is 73.4 cm³/mol. The molecule has 0 amide bonds. The fourth-order valence-corrected chi connectivity index (χ4v) is 5.26. The molecule has 4 fully saturated rings. The van der Waals surface area contributed by atoms with Gasteiger partial charge in [0.05, 0.1) is 0 Å². The Morgan fingerprint density at radius 3 is 2.37 bits per heavy atom. The fourth-order valence-electron chi connectivity index (χ4n) is 5.26. The minimum Gasteiger partial charge on any atom is -0.330 e. The summed E-state index contributed by atoms with van der Waals surface area (Å²) in [5.74, 6) is 6.91. The molecule has 4 bridgehead atoms. The first-order valence-electron chi connectivity index (χ1n) is 7.92. The van der Waals surface area contributed by atoms with Gasteiger partial charge < -0.3 is 5.73 Å². The SMILES string of the molecule is NCCc1n[nH]c(CC2C3CC4CC(C3)CC2C4)n1. The molecule has 1 aromatic heterocycles. The largest absolute Gasteiger partial charge is 0.330 e. The van der Waals surface area contributed by atoms with Crippen LogP contribution in [-0.2, 0) is 12.8 Å². The van der Waals surface area contributed by atoms with Crippen LogP contribution in [0.4, 0.5) is 0 Å². The number of aromatic amines is 1. The van der Waals surface area contributed by atoms with Gasteiger partial charge in [0, 0.05) is 12.8 Å². The lowest BCUT2D eigenvalue weighted by Gasteiger charge is -2.54. The van der Waals surface area contributed by atoms with E-state index in [0.717, 1.165) is 54.1 Å². The van der Waals surface area contributed by atoms with E-state index < -0.39 is 0 Å². The Kier molecular flexibility index (Phi) is 2.87. The van der Waals surface area contributed by atoms with Gasteiger partial charge in [0.15, 0.2) is 5.82 Å². The van der Waals surface area contributed by atoms with Crippen LogP contribution in [0.15, 0.2) is 0 Å². The number of H-pyrrole nitrogens is 1. The number of nitrogens with zero attached hydrogens (tertiary/aromatic N) is 2. The van der Waals surface area contributed by atoms with Crippen LogP contribution in [0.3, 0.4) is 0 Å². The molecule has 19 heavy (non-hydrogen) atoms. The second-order valence-corrected chi connectivity index (χ2v) is 7.04. The lowest BCUT2D eigenvalue weighted by atomic mass is 9.51. The zero-order valence-electron chi connectivity index (χ0n) is 11.5. The molecule has 0 unspecified atom stereocenters. The minimum atomic E-state index is 0.634. The Bertz CT molecular complexity index is 425. The van der Waals surface area contributed by atoms with E-state index in [-0.39, 0.29) is 0 Å². The van der Waals surface area contributed by atoms with Gasteiger partial charge in [-0.05, 0) is 68.2 Å². The lowest BCUT2D eigenvalue weighted by Crippen LogP contribution is -2.45. The zero-order valence-corrected chi connectivity index (χ0v) is 11.5. The molecule has 4 aliphatic rings. The highest BCUT2D eigenvalue weighted by molar-refractivity contribution is 5.02. The van der Waals surface area contributed by atoms with Gasteiger partial charge in [-0.15, -0.1) is 0 Å². The average molecular weight is 260 g/mol. The molecule has 0 saturated heterocycles. The highest BCUT2D eigenvalue weighted by atomic mass is 15.2. The minimum absolute atomic E-state index is 0.634. The normalized spacial score (nSPS) is 39.9. The van der Waals surface area contributed by atoms with E-state index in [1.807, 2.05) is 0 Å². The van der Waals surface area contributed by atoms with Gasteiger partial charge in [0.2, 0.25) is 0 Å². The number of hydrogen-bond acceptors (Lipinski definition) is 3. The summed E-state index contributed by atoms with van der Waals surface area (Å²) in [6, 6.07) is 0. The van der Waals surface area contributed by atoms with Crippen molar-refractivity contribution >= 4 is 0 Å². The van der Waals surface area contributed by atoms with Gasteiger partial charge >= 0.3 is 0 Å². The molecule has 1 aromatic rings. The van der Waals surface area contributed by atoms with Crippen molar-refractivity contribution < 1.29 is 0 Å². The summed E-state index contributed by atoms with van der Waals surface area (Å²) < 4.78 is 0. The van der Waals surface area contributed by atoms with Crippen LogP contribution in [-0.4, -0.2) is 21.7 Å². The molecule has 0 atom stereocenters. The Morgan fingerprint density at radius 2 is 1.74 bits per heavy atom. The summed E-state index contributed by atoms with van der Waals surface area (Å²) >= 11 is 0. The van der Waals surface area contributed by atoms with Crippen LogP contribution in [0.25, 0.3) is 0 Å². The third-order valence-corrected chi connectivity index (χ3v) is 5.80. The van der Waals surface area contributed by atoms with Gasteiger partial charge in [0.25, 0.3) is 0 Å². The summed E-state index contributed by atoms with van der Waals surface area (Å²) in [7, 11) is 0. The molecule has 5 rings (SSSR count). The van der Waals surface area contributed by atoms with Crippen LogP contribution in [0.2, 0.25) is 0 Å². The van der Waals surface area contributed by atoms with Crippen LogP contribution in [0.1, 0.15) is 43.8 Å². The van der Waals surface area contributed by atoms with Gasteiger partial charge in [-0.25, -0.2) is 4.98 Å². The van der Waals surface area contributed by atoms with E-state index in [0.29, 0.717) is 6.54 Å². The molecule has 0 radical (unpaired) electrons. The lowest BCUT2D eigenvalue weighted by molar-refractivity contribution is -0.0367. The summed E-state index contributed by atoms with van der Waals surface area (Å²) in [4.78, 5) is 4.60. The van der Waals surface area contributed by atoms with Crippen LogP contribution >= 0.6 is 0 Å².